The van der Waals surface area contributed by atoms with Gasteiger partial charge in [-0.05, 0) is 35.4 Å². The lowest BCUT2D eigenvalue weighted by Gasteiger charge is -2.05. The van der Waals surface area contributed by atoms with Gasteiger partial charge in [0.05, 0.1) is 0 Å². The van der Waals surface area contributed by atoms with Crippen molar-refractivity contribution in [1.82, 2.24) is 0 Å². The molecule has 0 aliphatic heterocycles. The number of hydrogen-bond donors (Lipinski definition) is 0. The fourth-order valence-electron chi connectivity index (χ4n) is 1.77. The van der Waals surface area contributed by atoms with E-state index in [2.05, 4.69) is 0 Å². The zero-order chi connectivity index (χ0) is 13.8. The summed E-state index contributed by atoms with van der Waals surface area (Å²) in [5.74, 6) is 0.103. The van der Waals surface area contributed by atoms with Gasteiger partial charge in [-0.1, -0.05) is 53.0 Å². The number of hydrogen-bond acceptors (Lipinski definition) is 1. The van der Waals surface area contributed by atoms with Gasteiger partial charge in [0.25, 0.3) is 0 Å². The Hall–Kier alpha value is -1.02. The topological polar surface area (TPSA) is 17.1 Å². The summed E-state index contributed by atoms with van der Waals surface area (Å²) in [5.41, 5.74) is 1.74. The zero-order valence-electron chi connectivity index (χ0n) is 10.00. The van der Waals surface area contributed by atoms with Crippen LogP contribution in [0.5, 0.6) is 0 Å². The maximum atomic E-state index is 12.0. The number of rotatable bonds is 4. The lowest BCUT2D eigenvalue weighted by atomic mass is 10.0. The van der Waals surface area contributed by atoms with Crippen molar-refractivity contribution in [3.63, 3.8) is 0 Å². The van der Waals surface area contributed by atoms with Crippen LogP contribution in [-0.4, -0.2) is 5.78 Å². The Morgan fingerprint density at radius 2 is 1.47 bits per heavy atom. The molecule has 0 N–H and O–H groups in total. The molecule has 2 rings (SSSR count). The van der Waals surface area contributed by atoms with E-state index in [1.54, 1.807) is 30.3 Å². The summed E-state index contributed by atoms with van der Waals surface area (Å²) in [7, 11) is 0. The highest BCUT2D eigenvalue weighted by Crippen LogP contribution is 2.22. The van der Waals surface area contributed by atoms with Crippen LogP contribution >= 0.6 is 34.8 Å². The van der Waals surface area contributed by atoms with E-state index in [0.717, 1.165) is 11.1 Å². The van der Waals surface area contributed by atoms with Crippen LogP contribution in [-0.2, 0) is 17.6 Å². The second kappa shape index (κ2) is 6.42. The van der Waals surface area contributed by atoms with Gasteiger partial charge >= 0.3 is 0 Å². The van der Waals surface area contributed by atoms with Gasteiger partial charge in [-0.2, -0.15) is 0 Å². The highest BCUT2D eigenvalue weighted by molar-refractivity contribution is 6.35. The summed E-state index contributed by atoms with van der Waals surface area (Å²) in [4.78, 5) is 12.0. The number of carbonyl (C=O) groups excluding carboxylic acids is 1. The third-order valence-corrected chi connectivity index (χ3v) is 3.56. The van der Waals surface area contributed by atoms with Gasteiger partial charge < -0.3 is 0 Å². The fraction of sp³-hybridized carbons (Fsp3) is 0.133. The monoisotopic (exact) mass is 312 g/mol. The molecule has 0 spiro atoms. The molecule has 19 heavy (non-hydrogen) atoms. The van der Waals surface area contributed by atoms with E-state index in [-0.39, 0.29) is 5.78 Å². The molecule has 0 radical (unpaired) electrons. The van der Waals surface area contributed by atoms with Crippen LogP contribution in [0.15, 0.2) is 42.5 Å². The van der Waals surface area contributed by atoms with E-state index >= 15 is 0 Å². The maximum absolute atomic E-state index is 12.0. The predicted molar refractivity (Wildman–Crippen MR) is 80.3 cm³/mol. The number of Topliss-reactive ketones (excluding diaryl/α,β-unsaturated/α-hetero) is 1. The molecule has 0 aromatic heterocycles. The number of halogens is 3. The van der Waals surface area contributed by atoms with E-state index in [1.165, 1.54) is 0 Å². The van der Waals surface area contributed by atoms with Crippen LogP contribution < -0.4 is 0 Å². The van der Waals surface area contributed by atoms with E-state index in [0.29, 0.717) is 27.9 Å². The van der Waals surface area contributed by atoms with Crippen molar-refractivity contribution in [3.05, 3.63) is 68.7 Å². The Labute approximate surface area is 127 Å². The molecule has 0 amide bonds. The predicted octanol–water partition coefficient (Wildman–Crippen LogP) is 5.00. The first-order chi connectivity index (χ1) is 9.04. The zero-order valence-corrected chi connectivity index (χ0v) is 12.3. The summed E-state index contributed by atoms with van der Waals surface area (Å²) in [6.45, 7) is 0. The Kier molecular flexibility index (Phi) is 4.87. The van der Waals surface area contributed by atoms with Crippen LogP contribution in [0.2, 0.25) is 15.1 Å². The Morgan fingerprint density at radius 3 is 2.11 bits per heavy atom. The van der Waals surface area contributed by atoms with Crippen molar-refractivity contribution >= 4 is 40.6 Å². The van der Waals surface area contributed by atoms with Gasteiger partial charge in [-0.3, -0.25) is 4.79 Å². The number of benzene rings is 2. The lowest BCUT2D eigenvalue weighted by Crippen LogP contribution is -2.06. The van der Waals surface area contributed by atoms with Crippen molar-refractivity contribution in [2.24, 2.45) is 0 Å². The third kappa shape index (κ3) is 4.24. The summed E-state index contributed by atoms with van der Waals surface area (Å²) < 4.78 is 0. The molecule has 98 valence electrons. The van der Waals surface area contributed by atoms with Gasteiger partial charge in [0.15, 0.2) is 0 Å². The van der Waals surface area contributed by atoms with Crippen molar-refractivity contribution in [2.45, 2.75) is 12.8 Å². The molecule has 1 nitrogen and oxygen atoms in total. The molecule has 0 unspecified atom stereocenters. The molecular weight excluding hydrogens is 303 g/mol. The smallest absolute Gasteiger partial charge is 0.141 e. The van der Waals surface area contributed by atoms with E-state index < -0.39 is 0 Å². The highest BCUT2D eigenvalue weighted by Gasteiger charge is 2.08. The van der Waals surface area contributed by atoms with Gasteiger partial charge in [0.2, 0.25) is 0 Å². The molecule has 0 saturated carbocycles. The van der Waals surface area contributed by atoms with Crippen LogP contribution in [0.3, 0.4) is 0 Å². The Bertz CT molecular complexity index is 591. The molecule has 0 heterocycles. The molecule has 0 fully saturated rings. The minimum absolute atomic E-state index is 0.103. The van der Waals surface area contributed by atoms with Gasteiger partial charge in [-0.15, -0.1) is 0 Å². The first kappa shape index (κ1) is 14.4. The maximum Gasteiger partial charge on any atom is 0.141 e. The van der Waals surface area contributed by atoms with Crippen LogP contribution in [0.1, 0.15) is 11.1 Å². The molecule has 2 aromatic carbocycles. The number of carbonyl (C=O) groups is 1. The highest BCUT2D eigenvalue weighted by atomic mass is 35.5. The molecule has 2 aromatic rings. The lowest BCUT2D eigenvalue weighted by molar-refractivity contribution is -0.117. The molecule has 4 heteroatoms. The standard InChI is InChI=1S/C15H11Cl3O/c16-12-4-1-10(2-5-12)7-14(19)8-11-3-6-13(17)9-15(11)18/h1-6,9H,7-8H2. The van der Waals surface area contributed by atoms with Gasteiger partial charge in [-0.25, -0.2) is 0 Å². The fourth-order valence-corrected chi connectivity index (χ4v) is 2.37. The van der Waals surface area contributed by atoms with Crippen molar-refractivity contribution in [1.29, 1.82) is 0 Å². The minimum Gasteiger partial charge on any atom is -0.299 e. The molecular formula is C15H11Cl3O. The van der Waals surface area contributed by atoms with E-state index in [9.17, 15) is 4.79 Å². The largest absolute Gasteiger partial charge is 0.299 e. The number of ketones is 1. The minimum atomic E-state index is 0.103. The Balaban J connectivity index is 2.03. The summed E-state index contributed by atoms with van der Waals surface area (Å²) in [6.07, 6.45) is 0.675. The van der Waals surface area contributed by atoms with Crippen LogP contribution in [0.25, 0.3) is 0 Å². The van der Waals surface area contributed by atoms with E-state index in [1.807, 2.05) is 12.1 Å². The molecule has 0 saturated heterocycles. The SMILES string of the molecule is O=C(Cc1ccc(Cl)cc1)Cc1ccc(Cl)cc1Cl. The van der Waals surface area contributed by atoms with E-state index in [4.69, 9.17) is 34.8 Å². The second-order valence-electron chi connectivity index (χ2n) is 4.25. The molecule has 0 bridgehead atoms. The first-order valence-corrected chi connectivity index (χ1v) is 6.88. The summed E-state index contributed by atoms with van der Waals surface area (Å²) in [6, 6.07) is 12.4. The van der Waals surface area contributed by atoms with Crippen molar-refractivity contribution < 1.29 is 4.79 Å². The van der Waals surface area contributed by atoms with Crippen molar-refractivity contribution in [2.75, 3.05) is 0 Å². The molecule has 0 aliphatic carbocycles. The molecule has 0 aliphatic rings. The van der Waals surface area contributed by atoms with Crippen molar-refractivity contribution in [3.8, 4) is 0 Å². The normalized spacial score (nSPS) is 10.5. The quantitative estimate of drug-likeness (QED) is 0.776. The summed E-state index contributed by atoms with van der Waals surface area (Å²) in [5, 5.41) is 1.76. The van der Waals surface area contributed by atoms with Crippen LogP contribution in [0, 0.1) is 0 Å². The third-order valence-electron chi connectivity index (χ3n) is 2.72. The average molecular weight is 314 g/mol. The second-order valence-corrected chi connectivity index (χ2v) is 5.53. The van der Waals surface area contributed by atoms with Gasteiger partial charge in [0.1, 0.15) is 5.78 Å². The Morgan fingerprint density at radius 1 is 0.842 bits per heavy atom. The van der Waals surface area contributed by atoms with Gasteiger partial charge in [0, 0.05) is 27.9 Å². The summed E-state index contributed by atoms with van der Waals surface area (Å²) >= 11 is 17.7. The molecule has 0 atom stereocenters. The average Bonchev–Trinajstić information content (AvgIpc) is 2.36. The van der Waals surface area contributed by atoms with Crippen LogP contribution in [0.4, 0.5) is 0 Å². The first-order valence-electron chi connectivity index (χ1n) is 5.74.